The molecule has 0 radical (unpaired) electrons. The Balaban J connectivity index is 2.25. The Labute approximate surface area is 109 Å². The molecule has 1 aromatic carbocycles. The molecule has 0 aliphatic heterocycles. The van der Waals surface area contributed by atoms with Gasteiger partial charge in [0.05, 0.1) is 11.7 Å². The first-order valence-corrected chi connectivity index (χ1v) is 6.31. The van der Waals surface area contributed by atoms with Crippen LogP contribution in [0.1, 0.15) is 34.0 Å². The van der Waals surface area contributed by atoms with Crippen molar-refractivity contribution in [2.45, 2.75) is 33.2 Å². The molecule has 0 amide bonds. The van der Waals surface area contributed by atoms with E-state index in [1.165, 1.54) is 22.3 Å². The fraction of sp³-hybridized carbons (Fsp3) is 0.312. The monoisotopic (exact) mass is 240 g/mol. The van der Waals surface area contributed by atoms with Gasteiger partial charge >= 0.3 is 0 Å². The average Bonchev–Trinajstić information content (AvgIpc) is 2.34. The summed E-state index contributed by atoms with van der Waals surface area (Å²) < 4.78 is 0. The zero-order valence-electron chi connectivity index (χ0n) is 11.3. The van der Waals surface area contributed by atoms with E-state index in [2.05, 4.69) is 37.9 Å². The van der Waals surface area contributed by atoms with Crippen molar-refractivity contribution < 1.29 is 0 Å². The van der Waals surface area contributed by atoms with Gasteiger partial charge in [0.15, 0.2) is 0 Å². The summed E-state index contributed by atoms with van der Waals surface area (Å²) in [4.78, 5) is 4.33. The molecule has 0 aliphatic rings. The first-order chi connectivity index (χ1) is 8.58. The zero-order valence-corrected chi connectivity index (χ0v) is 11.3. The highest BCUT2D eigenvalue weighted by Crippen LogP contribution is 2.21. The summed E-state index contributed by atoms with van der Waals surface area (Å²) in [6.07, 6.45) is 2.64. The van der Waals surface area contributed by atoms with Crippen LogP contribution in [0.4, 0.5) is 0 Å². The van der Waals surface area contributed by atoms with Crippen LogP contribution in [-0.2, 0) is 6.42 Å². The number of hydrogen-bond acceptors (Lipinski definition) is 2. The lowest BCUT2D eigenvalue weighted by atomic mass is 9.93. The van der Waals surface area contributed by atoms with Crippen molar-refractivity contribution in [2.24, 2.45) is 5.73 Å². The van der Waals surface area contributed by atoms with Gasteiger partial charge in [0.1, 0.15) is 0 Å². The average molecular weight is 240 g/mol. The Morgan fingerprint density at radius 2 is 1.78 bits per heavy atom. The van der Waals surface area contributed by atoms with Crippen molar-refractivity contribution in [1.82, 2.24) is 4.98 Å². The number of hydrogen-bond donors (Lipinski definition) is 1. The predicted molar refractivity (Wildman–Crippen MR) is 75.5 cm³/mol. The fourth-order valence-electron chi connectivity index (χ4n) is 2.45. The van der Waals surface area contributed by atoms with Gasteiger partial charge in [-0.2, -0.15) is 0 Å². The summed E-state index contributed by atoms with van der Waals surface area (Å²) in [6.45, 7) is 6.43. The second-order valence-electron chi connectivity index (χ2n) is 4.94. The summed E-state index contributed by atoms with van der Waals surface area (Å²) in [5.41, 5.74) is 12.5. The molecule has 1 atom stereocenters. The smallest absolute Gasteiger partial charge is 0.0574 e. The number of rotatable bonds is 3. The SMILES string of the molecule is Cc1cc(C)c(CC(N)c2ccccn2)c(C)c1. The summed E-state index contributed by atoms with van der Waals surface area (Å²) in [7, 11) is 0. The van der Waals surface area contributed by atoms with Crippen molar-refractivity contribution in [1.29, 1.82) is 0 Å². The van der Waals surface area contributed by atoms with Crippen LogP contribution < -0.4 is 5.73 Å². The summed E-state index contributed by atoms with van der Waals surface area (Å²) in [6, 6.07) is 10.3. The van der Waals surface area contributed by atoms with E-state index in [0.29, 0.717) is 0 Å². The summed E-state index contributed by atoms with van der Waals surface area (Å²) >= 11 is 0. The fourth-order valence-corrected chi connectivity index (χ4v) is 2.45. The van der Waals surface area contributed by atoms with E-state index in [4.69, 9.17) is 5.73 Å². The third-order valence-corrected chi connectivity index (χ3v) is 3.33. The van der Waals surface area contributed by atoms with Gasteiger partial charge in [0.25, 0.3) is 0 Å². The van der Waals surface area contributed by atoms with Crippen molar-refractivity contribution in [3.05, 3.63) is 64.5 Å². The van der Waals surface area contributed by atoms with Gasteiger partial charge in [-0.3, -0.25) is 4.98 Å². The molecule has 0 saturated heterocycles. The Bertz CT molecular complexity index is 509. The molecular weight excluding hydrogens is 220 g/mol. The third-order valence-electron chi connectivity index (χ3n) is 3.33. The number of aryl methyl sites for hydroxylation is 3. The maximum absolute atomic E-state index is 6.24. The normalized spacial score (nSPS) is 12.4. The molecule has 18 heavy (non-hydrogen) atoms. The van der Waals surface area contributed by atoms with Gasteiger partial charge in [-0.25, -0.2) is 0 Å². The molecule has 1 aromatic heterocycles. The van der Waals surface area contributed by atoms with E-state index >= 15 is 0 Å². The summed E-state index contributed by atoms with van der Waals surface area (Å²) in [5.74, 6) is 0. The lowest BCUT2D eigenvalue weighted by Crippen LogP contribution is -2.16. The molecule has 0 bridgehead atoms. The number of pyridine rings is 1. The molecule has 0 aliphatic carbocycles. The molecule has 2 heteroatoms. The number of nitrogens with zero attached hydrogens (tertiary/aromatic N) is 1. The van der Waals surface area contributed by atoms with Crippen LogP contribution in [0.5, 0.6) is 0 Å². The van der Waals surface area contributed by atoms with Crippen molar-refractivity contribution in [3.63, 3.8) is 0 Å². The number of nitrogens with two attached hydrogens (primary N) is 1. The van der Waals surface area contributed by atoms with Crippen LogP contribution >= 0.6 is 0 Å². The van der Waals surface area contributed by atoms with Crippen LogP contribution in [0.2, 0.25) is 0 Å². The number of benzene rings is 1. The van der Waals surface area contributed by atoms with Gasteiger partial charge in [-0.1, -0.05) is 23.8 Å². The second kappa shape index (κ2) is 5.32. The molecule has 1 unspecified atom stereocenters. The van der Waals surface area contributed by atoms with Gasteiger partial charge in [0, 0.05) is 6.20 Å². The van der Waals surface area contributed by atoms with Crippen molar-refractivity contribution >= 4 is 0 Å². The first kappa shape index (κ1) is 12.8. The minimum absolute atomic E-state index is 0.0358. The minimum atomic E-state index is -0.0358. The first-order valence-electron chi connectivity index (χ1n) is 6.31. The molecule has 2 aromatic rings. The van der Waals surface area contributed by atoms with Crippen LogP contribution in [0, 0.1) is 20.8 Å². The summed E-state index contributed by atoms with van der Waals surface area (Å²) in [5, 5.41) is 0. The molecular formula is C16H20N2. The van der Waals surface area contributed by atoms with Gasteiger partial charge in [-0.05, 0) is 56.0 Å². The van der Waals surface area contributed by atoms with Crippen LogP contribution in [0.3, 0.4) is 0 Å². The molecule has 2 N–H and O–H groups in total. The molecule has 94 valence electrons. The van der Waals surface area contributed by atoms with E-state index in [-0.39, 0.29) is 6.04 Å². The molecule has 0 spiro atoms. The van der Waals surface area contributed by atoms with Crippen LogP contribution in [0.25, 0.3) is 0 Å². The maximum Gasteiger partial charge on any atom is 0.0574 e. The molecule has 0 fully saturated rings. The minimum Gasteiger partial charge on any atom is -0.322 e. The number of aromatic nitrogens is 1. The topological polar surface area (TPSA) is 38.9 Å². The highest BCUT2D eigenvalue weighted by Gasteiger charge is 2.11. The van der Waals surface area contributed by atoms with E-state index < -0.39 is 0 Å². The highest BCUT2D eigenvalue weighted by atomic mass is 14.8. The third kappa shape index (κ3) is 2.77. The quantitative estimate of drug-likeness (QED) is 0.894. The maximum atomic E-state index is 6.24. The Hall–Kier alpha value is -1.67. The van der Waals surface area contributed by atoms with Crippen molar-refractivity contribution in [2.75, 3.05) is 0 Å². The Morgan fingerprint density at radius 1 is 1.11 bits per heavy atom. The molecule has 2 rings (SSSR count). The van der Waals surface area contributed by atoms with E-state index in [0.717, 1.165) is 12.1 Å². The molecule has 1 heterocycles. The molecule has 2 nitrogen and oxygen atoms in total. The molecule has 0 saturated carbocycles. The zero-order chi connectivity index (χ0) is 13.1. The lowest BCUT2D eigenvalue weighted by Gasteiger charge is -2.16. The van der Waals surface area contributed by atoms with E-state index in [1.807, 2.05) is 18.2 Å². The standard InChI is InChI=1S/C16H20N2/c1-11-8-12(2)14(13(3)9-11)10-15(17)16-6-4-5-7-18-16/h4-9,15H,10,17H2,1-3H3. The van der Waals surface area contributed by atoms with E-state index in [9.17, 15) is 0 Å². The second-order valence-corrected chi connectivity index (χ2v) is 4.94. The van der Waals surface area contributed by atoms with Crippen LogP contribution in [-0.4, -0.2) is 4.98 Å². The van der Waals surface area contributed by atoms with Gasteiger partial charge < -0.3 is 5.73 Å². The highest BCUT2D eigenvalue weighted by molar-refractivity contribution is 5.38. The largest absolute Gasteiger partial charge is 0.322 e. The van der Waals surface area contributed by atoms with Crippen LogP contribution in [0.15, 0.2) is 36.5 Å². The lowest BCUT2D eigenvalue weighted by molar-refractivity contribution is 0.691. The Morgan fingerprint density at radius 3 is 2.33 bits per heavy atom. The van der Waals surface area contributed by atoms with Crippen molar-refractivity contribution in [3.8, 4) is 0 Å². The van der Waals surface area contributed by atoms with Gasteiger partial charge in [-0.15, -0.1) is 0 Å². The Kier molecular flexibility index (Phi) is 3.78. The van der Waals surface area contributed by atoms with E-state index in [1.54, 1.807) is 6.20 Å². The predicted octanol–water partition coefficient (Wildman–Crippen LogP) is 3.25. The van der Waals surface area contributed by atoms with Gasteiger partial charge in [0.2, 0.25) is 0 Å².